The summed E-state index contributed by atoms with van der Waals surface area (Å²) in [5, 5.41) is 0. The van der Waals surface area contributed by atoms with Gasteiger partial charge in [0, 0.05) is 0 Å². The summed E-state index contributed by atoms with van der Waals surface area (Å²) < 4.78 is 0. The molecule has 21 heavy (non-hydrogen) atoms. The van der Waals surface area contributed by atoms with Crippen molar-refractivity contribution in [3.63, 3.8) is 0 Å². The summed E-state index contributed by atoms with van der Waals surface area (Å²) in [5.74, 6) is 0.987. The molecule has 0 amide bonds. The average molecular weight is 287 g/mol. The maximum atomic E-state index is 2.70. The Balaban J connectivity index is 1.53. The molecule has 1 fully saturated rings. The summed E-state index contributed by atoms with van der Waals surface area (Å²) in [6, 6.07) is 11.0. The zero-order valence-electron chi connectivity index (χ0n) is 13.9. The Morgan fingerprint density at radius 2 is 1.71 bits per heavy atom. The number of piperidine rings is 1. The van der Waals surface area contributed by atoms with Crippen LogP contribution in [0.5, 0.6) is 0 Å². The van der Waals surface area contributed by atoms with Crippen LogP contribution in [0.15, 0.2) is 30.3 Å². The molecule has 1 aliphatic heterocycles. The van der Waals surface area contributed by atoms with E-state index in [9.17, 15) is 0 Å². The molecule has 0 N–H and O–H groups in total. The standard InChI is InChI=1S/C20H33N/c1-2-3-4-8-16-21-17-14-20(15-18-21)13-9-12-19-10-6-5-7-11-19/h5-7,10-11,20H,2-4,8-9,12-18H2,1H3. The lowest BCUT2D eigenvalue weighted by atomic mass is 9.90. The van der Waals surface area contributed by atoms with Crippen molar-refractivity contribution in [2.75, 3.05) is 19.6 Å². The number of aryl methyl sites for hydroxylation is 1. The van der Waals surface area contributed by atoms with Gasteiger partial charge in [-0.2, -0.15) is 0 Å². The first-order chi connectivity index (χ1) is 10.4. The van der Waals surface area contributed by atoms with E-state index in [0.29, 0.717) is 0 Å². The van der Waals surface area contributed by atoms with Gasteiger partial charge in [-0.3, -0.25) is 0 Å². The van der Waals surface area contributed by atoms with Crippen LogP contribution in [0.3, 0.4) is 0 Å². The molecule has 0 spiro atoms. The molecule has 0 unspecified atom stereocenters. The minimum Gasteiger partial charge on any atom is -0.303 e. The molecule has 1 heteroatoms. The molecule has 1 nitrogen and oxygen atoms in total. The fourth-order valence-electron chi connectivity index (χ4n) is 3.50. The fraction of sp³-hybridized carbons (Fsp3) is 0.700. The van der Waals surface area contributed by atoms with Gasteiger partial charge in [0.25, 0.3) is 0 Å². The largest absolute Gasteiger partial charge is 0.303 e. The van der Waals surface area contributed by atoms with Gasteiger partial charge in [0.05, 0.1) is 0 Å². The summed E-state index contributed by atoms with van der Waals surface area (Å²) in [7, 11) is 0. The minimum absolute atomic E-state index is 0.987. The van der Waals surface area contributed by atoms with E-state index in [4.69, 9.17) is 0 Å². The van der Waals surface area contributed by atoms with Gasteiger partial charge in [0.2, 0.25) is 0 Å². The van der Waals surface area contributed by atoms with E-state index >= 15 is 0 Å². The Morgan fingerprint density at radius 1 is 0.952 bits per heavy atom. The molecular weight excluding hydrogens is 254 g/mol. The third-order valence-corrected chi connectivity index (χ3v) is 4.96. The van der Waals surface area contributed by atoms with Crippen molar-refractivity contribution in [3.8, 4) is 0 Å². The van der Waals surface area contributed by atoms with Crippen LogP contribution in [0, 0.1) is 5.92 Å². The van der Waals surface area contributed by atoms with E-state index < -0.39 is 0 Å². The van der Waals surface area contributed by atoms with Gasteiger partial charge in [-0.15, -0.1) is 0 Å². The predicted molar refractivity (Wildman–Crippen MR) is 92.7 cm³/mol. The SMILES string of the molecule is CCCCCCN1CCC(CCCc2ccccc2)CC1. The second-order valence-electron chi connectivity index (χ2n) is 6.72. The Hall–Kier alpha value is -0.820. The summed E-state index contributed by atoms with van der Waals surface area (Å²) in [6.45, 7) is 6.34. The van der Waals surface area contributed by atoms with Crippen molar-refractivity contribution in [2.24, 2.45) is 5.92 Å². The second-order valence-corrected chi connectivity index (χ2v) is 6.72. The van der Waals surface area contributed by atoms with Crippen molar-refractivity contribution >= 4 is 0 Å². The molecule has 1 heterocycles. The third kappa shape index (κ3) is 6.65. The van der Waals surface area contributed by atoms with Crippen molar-refractivity contribution < 1.29 is 0 Å². The third-order valence-electron chi connectivity index (χ3n) is 4.96. The highest BCUT2D eigenvalue weighted by Crippen LogP contribution is 2.23. The van der Waals surface area contributed by atoms with Crippen LogP contribution in [0.4, 0.5) is 0 Å². The first kappa shape index (κ1) is 16.5. The highest BCUT2D eigenvalue weighted by Gasteiger charge is 2.18. The van der Waals surface area contributed by atoms with Gasteiger partial charge in [-0.05, 0) is 63.2 Å². The van der Waals surface area contributed by atoms with E-state index in [2.05, 4.69) is 42.2 Å². The van der Waals surface area contributed by atoms with Gasteiger partial charge in [0.1, 0.15) is 0 Å². The number of likely N-dealkylation sites (tertiary alicyclic amines) is 1. The van der Waals surface area contributed by atoms with Crippen LogP contribution in [-0.2, 0) is 6.42 Å². The topological polar surface area (TPSA) is 3.24 Å². The first-order valence-electron chi connectivity index (χ1n) is 9.14. The van der Waals surface area contributed by atoms with Crippen LogP contribution in [0.1, 0.15) is 63.9 Å². The van der Waals surface area contributed by atoms with Gasteiger partial charge in [-0.1, -0.05) is 62.9 Å². The van der Waals surface area contributed by atoms with Crippen LogP contribution in [-0.4, -0.2) is 24.5 Å². The smallest absolute Gasteiger partial charge is 0.00161 e. The van der Waals surface area contributed by atoms with E-state index in [1.54, 1.807) is 0 Å². The number of nitrogens with zero attached hydrogens (tertiary/aromatic N) is 1. The molecule has 0 aliphatic carbocycles. The number of benzene rings is 1. The van der Waals surface area contributed by atoms with Crippen molar-refractivity contribution in [1.82, 2.24) is 4.90 Å². The molecule has 0 aromatic heterocycles. The van der Waals surface area contributed by atoms with Crippen molar-refractivity contribution in [1.29, 1.82) is 0 Å². The zero-order valence-corrected chi connectivity index (χ0v) is 13.9. The summed E-state index contributed by atoms with van der Waals surface area (Å²) in [6.07, 6.45) is 12.5. The number of unbranched alkanes of at least 4 members (excludes halogenated alkanes) is 3. The lowest BCUT2D eigenvalue weighted by Crippen LogP contribution is -2.34. The quantitative estimate of drug-likeness (QED) is 0.557. The highest BCUT2D eigenvalue weighted by molar-refractivity contribution is 5.14. The maximum absolute atomic E-state index is 2.70. The van der Waals surface area contributed by atoms with Crippen LogP contribution in [0.2, 0.25) is 0 Å². The molecule has 0 radical (unpaired) electrons. The Kier molecular flexibility index (Phi) is 7.88. The fourth-order valence-corrected chi connectivity index (χ4v) is 3.50. The molecule has 1 aliphatic rings. The zero-order chi connectivity index (χ0) is 14.8. The van der Waals surface area contributed by atoms with Gasteiger partial charge >= 0.3 is 0 Å². The molecule has 2 rings (SSSR count). The molecule has 1 saturated heterocycles. The van der Waals surface area contributed by atoms with Crippen LogP contribution < -0.4 is 0 Å². The Labute approximate surface area is 131 Å². The number of hydrogen-bond donors (Lipinski definition) is 0. The minimum atomic E-state index is 0.987. The number of hydrogen-bond acceptors (Lipinski definition) is 1. The Bertz CT molecular complexity index is 351. The lowest BCUT2D eigenvalue weighted by molar-refractivity contribution is 0.175. The van der Waals surface area contributed by atoms with Crippen LogP contribution >= 0.6 is 0 Å². The van der Waals surface area contributed by atoms with Gasteiger partial charge < -0.3 is 4.90 Å². The molecule has 0 saturated carbocycles. The molecular formula is C20H33N. The number of rotatable bonds is 9. The van der Waals surface area contributed by atoms with E-state index in [1.807, 2.05) is 0 Å². The van der Waals surface area contributed by atoms with Gasteiger partial charge in [0.15, 0.2) is 0 Å². The average Bonchev–Trinajstić information content (AvgIpc) is 2.54. The second kappa shape index (κ2) is 10.00. The molecule has 118 valence electrons. The van der Waals surface area contributed by atoms with Crippen LogP contribution in [0.25, 0.3) is 0 Å². The molecule has 0 atom stereocenters. The predicted octanol–water partition coefficient (Wildman–Crippen LogP) is 5.30. The molecule has 1 aromatic carbocycles. The Morgan fingerprint density at radius 3 is 2.43 bits per heavy atom. The summed E-state index contributed by atoms with van der Waals surface area (Å²) in [5.41, 5.74) is 1.51. The highest BCUT2D eigenvalue weighted by atomic mass is 15.1. The van der Waals surface area contributed by atoms with E-state index in [0.717, 1.165) is 5.92 Å². The van der Waals surface area contributed by atoms with Crippen molar-refractivity contribution in [3.05, 3.63) is 35.9 Å². The summed E-state index contributed by atoms with van der Waals surface area (Å²) >= 11 is 0. The monoisotopic (exact) mass is 287 g/mol. The van der Waals surface area contributed by atoms with Gasteiger partial charge in [-0.25, -0.2) is 0 Å². The molecule has 1 aromatic rings. The normalized spacial score (nSPS) is 17.2. The summed E-state index contributed by atoms with van der Waals surface area (Å²) in [4.78, 5) is 2.70. The van der Waals surface area contributed by atoms with Crippen molar-refractivity contribution in [2.45, 2.75) is 64.7 Å². The van der Waals surface area contributed by atoms with E-state index in [-0.39, 0.29) is 0 Å². The lowest BCUT2D eigenvalue weighted by Gasteiger charge is -2.32. The maximum Gasteiger partial charge on any atom is -0.00161 e. The van der Waals surface area contributed by atoms with E-state index in [1.165, 1.54) is 83.0 Å². The first-order valence-corrected chi connectivity index (χ1v) is 9.14. The molecule has 0 bridgehead atoms.